The molecule has 0 spiro atoms. The number of unbranched alkanes of at least 4 members (excludes halogenated alkanes) is 28. The molecule has 4 N–H and O–H groups in total. The van der Waals surface area contributed by atoms with Crippen LogP contribution in [0.2, 0.25) is 0 Å². The Morgan fingerprint density at radius 3 is 0.887 bits per heavy atom. The summed E-state index contributed by atoms with van der Waals surface area (Å²) in [5.74, 6) is -1.60. The lowest BCUT2D eigenvalue weighted by molar-refractivity contribution is -0.161. The van der Waals surface area contributed by atoms with Crippen LogP contribution in [0.15, 0.2) is 122 Å². The molecule has 0 aliphatic carbocycles. The number of esters is 3. The fraction of sp³-hybridized carbons (Fsp3) is 0.709. The summed E-state index contributed by atoms with van der Waals surface area (Å²) >= 11 is 0. The summed E-state index contributed by atoms with van der Waals surface area (Å²) in [6, 6.07) is 0. The van der Waals surface area contributed by atoms with Crippen LogP contribution in [0.3, 0.4) is 0 Å². The molecule has 0 amide bonds. The molecule has 5 unspecified atom stereocenters. The zero-order valence-electron chi connectivity index (χ0n) is 60.7. The molecular weight excluding hydrogens is 1270 g/mol. The van der Waals surface area contributed by atoms with E-state index in [-0.39, 0.29) is 19.3 Å². The lowest BCUT2D eigenvalue weighted by Gasteiger charge is -2.21. The van der Waals surface area contributed by atoms with Crippen LogP contribution in [0.4, 0.5) is 0 Å². The average molecular weight is 1400 g/mol. The number of carbonyl (C=O) groups is 3. The summed E-state index contributed by atoms with van der Waals surface area (Å²) in [6.45, 7) is 2.50. The Hall–Kier alpha value is -4.05. The molecule has 0 fully saturated rings. The number of phosphoric acid groups is 2. The Balaban J connectivity index is 4.51. The third-order valence-electron chi connectivity index (χ3n) is 15.7. The minimum Gasteiger partial charge on any atom is -0.463 e. The topological polar surface area (TPSA) is 231 Å². The second-order valence-electron chi connectivity index (χ2n) is 25.1. The molecule has 0 aromatic carbocycles. The Morgan fingerprint density at radius 1 is 0.299 bits per heavy atom. The Kier molecular flexibility index (Phi) is 68.8. The number of phosphoric ester groups is 2. The molecular formula is C79H136O16P2. The number of hydrogen-bond acceptors (Lipinski definition) is 14. The molecule has 0 aliphatic heterocycles. The molecule has 0 rings (SSSR count). The van der Waals surface area contributed by atoms with Crippen molar-refractivity contribution in [3.63, 3.8) is 0 Å². The van der Waals surface area contributed by atoms with Gasteiger partial charge in [-0.25, -0.2) is 9.13 Å². The highest BCUT2D eigenvalue weighted by Gasteiger charge is 2.29. The van der Waals surface area contributed by atoms with E-state index in [4.69, 9.17) is 32.3 Å². The van der Waals surface area contributed by atoms with Crippen LogP contribution < -0.4 is 0 Å². The molecule has 0 aromatic heterocycles. The van der Waals surface area contributed by atoms with Gasteiger partial charge in [-0.15, -0.1) is 0 Å². The van der Waals surface area contributed by atoms with Crippen molar-refractivity contribution in [2.24, 2.45) is 0 Å². The van der Waals surface area contributed by atoms with Crippen LogP contribution in [-0.2, 0) is 55.8 Å². The highest BCUT2D eigenvalue weighted by Crippen LogP contribution is 2.45. The van der Waals surface area contributed by atoms with Crippen molar-refractivity contribution >= 4 is 33.6 Å². The number of rotatable bonds is 71. The molecule has 0 aliphatic rings. The summed E-state index contributed by atoms with van der Waals surface area (Å²) in [5, 5.41) is 20.6. The minimum atomic E-state index is -4.93. The van der Waals surface area contributed by atoms with Crippen molar-refractivity contribution in [3.8, 4) is 0 Å². The molecule has 0 bridgehead atoms. The number of aliphatic hydroxyl groups is 2. The zero-order chi connectivity index (χ0) is 70.9. The van der Waals surface area contributed by atoms with Crippen LogP contribution in [-0.4, -0.2) is 95.9 Å². The van der Waals surface area contributed by atoms with Gasteiger partial charge in [-0.3, -0.25) is 32.5 Å². The predicted molar refractivity (Wildman–Crippen MR) is 399 cm³/mol. The Labute approximate surface area is 589 Å². The van der Waals surface area contributed by atoms with Crippen LogP contribution >= 0.6 is 15.6 Å². The molecule has 0 saturated heterocycles. The third kappa shape index (κ3) is 73.0. The largest absolute Gasteiger partial charge is 0.472 e. The third-order valence-corrected chi connectivity index (χ3v) is 17.6. The Bertz CT molecular complexity index is 2250. The van der Waals surface area contributed by atoms with Gasteiger partial charge in [0.15, 0.2) is 6.10 Å². The van der Waals surface area contributed by atoms with E-state index in [1.165, 1.54) is 109 Å². The van der Waals surface area contributed by atoms with Crippen molar-refractivity contribution in [1.29, 1.82) is 0 Å². The molecule has 97 heavy (non-hydrogen) atoms. The molecule has 0 heterocycles. The van der Waals surface area contributed by atoms with E-state index >= 15 is 0 Å². The molecule has 16 nitrogen and oxygen atoms in total. The van der Waals surface area contributed by atoms with Crippen LogP contribution in [0.1, 0.15) is 303 Å². The van der Waals surface area contributed by atoms with Crippen molar-refractivity contribution < 1.29 is 75.8 Å². The van der Waals surface area contributed by atoms with Gasteiger partial charge in [0.2, 0.25) is 0 Å². The zero-order valence-corrected chi connectivity index (χ0v) is 62.5. The maximum Gasteiger partial charge on any atom is 0.472 e. The molecule has 558 valence electrons. The fourth-order valence-corrected chi connectivity index (χ4v) is 11.5. The van der Waals surface area contributed by atoms with E-state index < -0.39 is 91.5 Å². The van der Waals surface area contributed by atoms with E-state index in [1.807, 2.05) is 0 Å². The van der Waals surface area contributed by atoms with E-state index in [2.05, 4.69) is 142 Å². The first-order chi connectivity index (χ1) is 47.2. The quantitative estimate of drug-likeness (QED) is 0.0146. The van der Waals surface area contributed by atoms with Crippen molar-refractivity contribution in [2.75, 3.05) is 39.6 Å². The first-order valence-corrected chi connectivity index (χ1v) is 40.8. The molecule has 0 radical (unpaired) electrons. The fourth-order valence-electron chi connectivity index (χ4n) is 9.91. The number of allylic oxidation sites excluding steroid dienone is 20. The van der Waals surface area contributed by atoms with Gasteiger partial charge >= 0.3 is 33.6 Å². The summed E-state index contributed by atoms with van der Waals surface area (Å²) in [6.07, 6.45) is 84.0. The summed E-state index contributed by atoms with van der Waals surface area (Å²) in [5.41, 5.74) is 0. The summed E-state index contributed by atoms with van der Waals surface area (Å²) in [4.78, 5) is 58.5. The van der Waals surface area contributed by atoms with Gasteiger partial charge in [0.25, 0.3) is 0 Å². The van der Waals surface area contributed by atoms with Crippen molar-refractivity contribution in [1.82, 2.24) is 0 Å². The first kappa shape index (κ1) is 93.0. The van der Waals surface area contributed by atoms with Gasteiger partial charge in [-0.2, -0.15) is 0 Å². The standard InChI is InChI=1S/C79H136O16P2/c1-4-7-10-13-16-19-22-24-26-28-30-32-34-35-36-37-39-41-42-44-46-48-51-53-56-59-62-65-77(82)89-68-74(80)69-91-96(85,86)92-70-75(81)71-93-97(87,88)94-73-76(95-79(84)67-64-61-58-55-50-21-18-15-12-9-6-3)72-90-78(83)66-63-60-57-54-52-49-47-45-43-40-38-33-31-29-27-25-23-20-17-14-11-8-5-2/h8,11,16-17,19-20,24-27,30-33,35-36,40,43,47,49,74-76,80-81H,4-7,9-10,12-15,18,21-23,28-29,34,37-39,41-42,44-46,48,50-73H2,1-3H3,(H,85,86)(H,87,88)/b11-8-,19-16-,20-17-,26-24-,27-25-,32-30-,33-31-,36-35-,43-40-,49-47-. The van der Waals surface area contributed by atoms with Crippen molar-refractivity contribution in [2.45, 2.75) is 322 Å². The van der Waals surface area contributed by atoms with Crippen LogP contribution in [0.5, 0.6) is 0 Å². The average Bonchev–Trinajstić information content (AvgIpc) is 1.47. The van der Waals surface area contributed by atoms with E-state index in [0.29, 0.717) is 19.3 Å². The van der Waals surface area contributed by atoms with Gasteiger partial charge in [-0.1, -0.05) is 290 Å². The van der Waals surface area contributed by atoms with E-state index in [9.17, 15) is 43.5 Å². The minimum absolute atomic E-state index is 0.0985. The normalized spacial score (nSPS) is 14.8. The van der Waals surface area contributed by atoms with Crippen LogP contribution in [0.25, 0.3) is 0 Å². The highest BCUT2D eigenvalue weighted by atomic mass is 31.2. The van der Waals surface area contributed by atoms with E-state index in [1.54, 1.807) is 0 Å². The predicted octanol–water partition coefficient (Wildman–Crippen LogP) is 21.8. The van der Waals surface area contributed by atoms with Gasteiger partial charge in [-0.05, 0) is 116 Å². The smallest absolute Gasteiger partial charge is 0.463 e. The van der Waals surface area contributed by atoms with E-state index in [0.717, 1.165) is 135 Å². The Morgan fingerprint density at radius 2 is 0.546 bits per heavy atom. The maximum absolute atomic E-state index is 12.9. The first-order valence-electron chi connectivity index (χ1n) is 37.8. The summed E-state index contributed by atoms with van der Waals surface area (Å²) in [7, 11) is -9.79. The highest BCUT2D eigenvalue weighted by molar-refractivity contribution is 7.47. The van der Waals surface area contributed by atoms with Gasteiger partial charge < -0.3 is 34.2 Å². The SMILES string of the molecule is CC/C=C\C/C=C\C/C=C\C/C=C\C/C=C\C/C=C\CCCCCCC(=O)OCC(COP(=O)(O)OCC(O)COP(=O)(O)OCC(O)COC(=O)CCCCCCCCCCCCC/C=C\C/C=C\C/C=C\C/C=C\CCCCC)OC(=O)CCCCCCCCCCCCC. The van der Waals surface area contributed by atoms with Gasteiger partial charge in [0, 0.05) is 19.3 Å². The molecule has 0 saturated carbocycles. The van der Waals surface area contributed by atoms with Crippen molar-refractivity contribution in [3.05, 3.63) is 122 Å². The van der Waals surface area contributed by atoms with Gasteiger partial charge in [0.05, 0.1) is 26.4 Å². The lowest BCUT2D eigenvalue weighted by atomic mass is 10.0. The second kappa shape index (κ2) is 71.8. The number of hydrogen-bond donors (Lipinski definition) is 4. The second-order valence-corrected chi connectivity index (χ2v) is 28.0. The monoisotopic (exact) mass is 1400 g/mol. The molecule has 5 atom stereocenters. The summed E-state index contributed by atoms with van der Waals surface area (Å²) < 4.78 is 61.0. The molecule has 0 aromatic rings. The van der Waals surface area contributed by atoms with Gasteiger partial charge in [0.1, 0.15) is 25.4 Å². The number of ether oxygens (including phenoxy) is 3. The molecule has 18 heteroatoms. The maximum atomic E-state index is 12.9. The lowest BCUT2D eigenvalue weighted by Crippen LogP contribution is -2.30. The van der Waals surface area contributed by atoms with Crippen LogP contribution in [0, 0.1) is 0 Å². The number of aliphatic hydroxyl groups excluding tert-OH is 2. The number of carbonyl (C=O) groups excluding carboxylic acids is 3.